The molecule has 2 aliphatic rings. The molecule has 1 atom stereocenters. The Morgan fingerprint density at radius 3 is 2.93 bits per heavy atom. The number of methoxy groups -OCH3 is 1. The van der Waals surface area contributed by atoms with Crippen molar-refractivity contribution in [3.05, 3.63) is 42.1 Å². The molecule has 1 saturated heterocycles. The van der Waals surface area contributed by atoms with Gasteiger partial charge >= 0.3 is 0 Å². The molecule has 1 saturated carbocycles. The van der Waals surface area contributed by atoms with Gasteiger partial charge in [0.1, 0.15) is 11.6 Å². The van der Waals surface area contributed by atoms with Gasteiger partial charge < -0.3 is 15.4 Å². The minimum atomic E-state index is 0.00143. The normalized spacial score (nSPS) is 21.0. The van der Waals surface area contributed by atoms with Crippen molar-refractivity contribution in [1.82, 2.24) is 20.0 Å². The van der Waals surface area contributed by atoms with Gasteiger partial charge in [0.15, 0.2) is 0 Å². The monoisotopic (exact) mass is 383 g/mol. The smallest absolute Gasteiger partial charge is 0.239 e. The molecule has 0 spiro atoms. The third-order valence-corrected chi connectivity index (χ3v) is 5.81. The lowest BCUT2D eigenvalue weighted by molar-refractivity contribution is -0.118. The molecule has 0 bridgehead atoms. The van der Waals surface area contributed by atoms with E-state index in [9.17, 15) is 4.79 Å². The topological polar surface area (TPSA) is 71.4 Å². The number of aromatic nitrogens is 2. The Morgan fingerprint density at radius 2 is 2.11 bits per heavy atom. The second kappa shape index (κ2) is 8.75. The summed E-state index contributed by atoms with van der Waals surface area (Å²) in [5.41, 5.74) is 1.11. The van der Waals surface area contributed by atoms with Crippen molar-refractivity contribution in [3.8, 4) is 5.75 Å². The van der Waals surface area contributed by atoms with Crippen LogP contribution in [0.2, 0.25) is 0 Å². The lowest BCUT2D eigenvalue weighted by Crippen LogP contribution is -2.48. The Labute approximate surface area is 166 Å². The molecule has 150 valence electrons. The first kappa shape index (κ1) is 19.0. The number of carbonyl (C=O) groups excluding carboxylic acids is 1. The number of nitrogens with zero attached hydrogens (tertiary/aromatic N) is 3. The van der Waals surface area contributed by atoms with Crippen LogP contribution >= 0.6 is 0 Å². The maximum Gasteiger partial charge on any atom is 0.239 e. The predicted octanol–water partition coefficient (Wildman–Crippen LogP) is 2.59. The SMILES string of the molecule is COc1ccccc1C1CNCCN1CC(=O)Nc1ccnn1C1CCCC1. The molecule has 1 aliphatic heterocycles. The van der Waals surface area contributed by atoms with Crippen molar-refractivity contribution in [3.63, 3.8) is 0 Å². The van der Waals surface area contributed by atoms with Gasteiger partial charge in [-0.1, -0.05) is 31.0 Å². The molecule has 2 fully saturated rings. The summed E-state index contributed by atoms with van der Waals surface area (Å²) < 4.78 is 7.53. The van der Waals surface area contributed by atoms with Crippen molar-refractivity contribution >= 4 is 11.7 Å². The summed E-state index contributed by atoms with van der Waals surface area (Å²) in [5.74, 6) is 1.67. The molecular weight excluding hydrogens is 354 g/mol. The quantitative estimate of drug-likeness (QED) is 0.802. The molecule has 2 N–H and O–H groups in total. The second-order valence-corrected chi connectivity index (χ2v) is 7.58. The first-order valence-corrected chi connectivity index (χ1v) is 10.2. The second-order valence-electron chi connectivity index (χ2n) is 7.58. The molecule has 1 amide bonds. The number of hydrogen-bond donors (Lipinski definition) is 2. The Hall–Kier alpha value is -2.38. The Kier molecular flexibility index (Phi) is 5.92. The first-order chi connectivity index (χ1) is 13.8. The largest absolute Gasteiger partial charge is 0.496 e. The zero-order valence-electron chi connectivity index (χ0n) is 16.4. The van der Waals surface area contributed by atoms with Gasteiger partial charge in [-0.3, -0.25) is 9.69 Å². The number of para-hydroxylation sites is 1. The average Bonchev–Trinajstić information content (AvgIpc) is 3.40. The van der Waals surface area contributed by atoms with Gasteiger partial charge in [0, 0.05) is 31.3 Å². The van der Waals surface area contributed by atoms with Crippen LogP contribution in [0.4, 0.5) is 5.82 Å². The zero-order valence-corrected chi connectivity index (χ0v) is 16.4. The zero-order chi connectivity index (χ0) is 19.3. The highest BCUT2D eigenvalue weighted by atomic mass is 16.5. The number of amides is 1. The lowest BCUT2D eigenvalue weighted by Gasteiger charge is -2.36. The van der Waals surface area contributed by atoms with Crippen LogP contribution in [0.15, 0.2) is 36.5 Å². The molecule has 1 unspecified atom stereocenters. The highest BCUT2D eigenvalue weighted by Gasteiger charge is 2.28. The number of benzene rings is 1. The molecular formula is C21H29N5O2. The van der Waals surface area contributed by atoms with Gasteiger partial charge in [0.05, 0.1) is 31.9 Å². The minimum absolute atomic E-state index is 0.00143. The third kappa shape index (κ3) is 4.05. The fourth-order valence-electron chi connectivity index (χ4n) is 4.40. The van der Waals surface area contributed by atoms with Crippen molar-refractivity contribution in [1.29, 1.82) is 0 Å². The van der Waals surface area contributed by atoms with E-state index in [0.29, 0.717) is 12.6 Å². The van der Waals surface area contributed by atoms with Crippen LogP contribution < -0.4 is 15.4 Å². The molecule has 2 aromatic rings. The van der Waals surface area contributed by atoms with Crippen molar-refractivity contribution in [2.24, 2.45) is 0 Å². The molecule has 0 radical (unpaired) electrons. The number of piperazine rings is 1. The van der Waals surface area contributed by atoms with Gasteiger partial charge in [0.25, 0.3) is 0 Å². The van der Waals surface area contributed by atoms with E-state index in [1.165, 1.54) is 12.8 Å². The summed E-state index contributed by atoms with van der Waals surface area (Å²) >= 11 is 0. The van der Waals surface area contributed by atoms with Crippen LogP contribution in [0.25, 0.3) is 0 Å². The summed E-state index contributed by atoms with van der Waals surface area (Å²) in [5, 5.41) is 11.0. The number of rotatable bonds is 6. The molecule has 1 aromatic heterocycles. The van der Waals surface area contributed by atoms with Crippen LogP contribution in [0.3, 0.4) is 0 Å². The maximum absolute atomic E-state index is 12.8. The molecule has 7 nitrogen and oxygen atoms in total. The van der Waals surface area contributed by atoms with Crippen molar-refractivity contribution in [2.75, 3.05) is 38.6 Å². The van der Waals surface area contributed by atoms with E-state index in [4.69, 9.17) is 4.74 Å². The highest BCUT2D eigenvalue weighted by molar-refractivity contribution is 5.91. The summed E-state index contributed by atoms with van der Waals surface area (Å²) in [6.07, 6.45) is 6.52. The maximum atomic E-state index is 12.8. The lowest BCUT2D eigenvalue weighted by atomic mass is 10.0. The van der Waals surface area contributed by atoms with Gasteiger partial charge in [0.2, 0.25) is 5.91 Å². The predicted molar refractivity (Wildman–Crippen MR) is 109 cm³/mol. The fraction of sp³-hybridized carbons (Fsp3) is 0.524. The first-order valence-electron chi connectivity index (χ1n) is 10.2. The van der Waals surface area contributed by atoms with Crippen molar-refractivity contribution in [2.45, 2.75) is 37.8 Å². The molecule has 28 heavy (non-hydrogen) atoms. The summed E-state index contributed by atoms with van der Waals surface area (Å²) in [4.78, 5) is 15.1. The van der Waals surface area contributed by atoms with Crippen LogP contribution in [0.1, 0.15) is 43.3 Å². The van der Waals surface area contributed by atoms with Crippen LogP contribution in [0, 0.1) is 0 Å². The summed E-state index contributed by atoms with van der Waals surface area (Å²) in [6, 6.07) is 10.5. The van der Waals surface area contributed by atoms with E-state index < -0.39 is 0 Å². The third-order valence-electron chi connectivity index (χ3n) is 5.81. The fourth-order valence-corrected chi connectivity index (χ4v) is 4.40. The summed E-state index contributed by atoms with van der Waals surface area (Å²) in [6.45, 7) is 2.84. The number of hydrogen-bond acceptors (Lipinski definition) is 5. The molecule has 2 heterocycles. The summed E-state index contributed by atoms with van der Waals surface area (Å²) in [7, 11) is 1.69. The standard InChI is InChI=1S/C21H29N5O2/c1-28-19-9-5-4-8-17(19)18-14-22-12-13-25(18)15-21(27)24-20-10-11-23-26(20)16-6-2-3-7-16/h4-5,8-11,16,18,22H,2-3,6-7,12-15H2,1H3,(H,24,27). The molecule has 4 rings (SSSR count). The number of carbonyl (C=O) groups is 1. The highest BCUT2D eigenvalue weighted by Crippen LogP contribution is 2.32. The Balaban J connectivity index is 1.45. The van der Waals surface area contributed by atoms with Crippen LogP contribution in [-0.4, -0.2) is 53.9 Å². The van der Waals surface area contributed by atoms with Crippen LogP contribution in [0.5, 0.6) is 5.75 Å². The van der Waals surface area contributed by atoms with E-state index in [0.717, 1.165) is 49.6 Å². The molecule has 1 aromatic carbocycles. The number of anilines is 1. The minimum Gasteiger partial charge on any atom is -0.496 e. The Bertz CT molecular complexity index is 800. The van der Waals surface area contributed by atoms with E-state index in [-0.39, 0.29) is 11.9 Å². The molecule has 7 heteroatoms. The van der Waals surface area contributed by atoms with Crippen molar-refractivity contribution < 1.29 is 9.53 Å². The molecule has 1 aliphatic carbocycles. The van der Waals surface area contributed by atoms with Crippen LogP contribution in [-0.2, 0) is 4.79 Å². The Morgan fingerprint density at radius 1 is 1.29 bits per heavy atom. The average molecular weight is 383 g/mol. The van der Waals surface area contributed by atoms with E-state index in [1.807, 2.05) is 28.9 Å². The van der Waals surface area contributed by atoms with E-state index >= 15 is 0 Å². The van der Waals surface area contributed by atoms with Gasteiger partial charge in [-0.05, 0) is 18.9 Å². The van der Waals surface area contributed by atoms with Gasteiger partial charge in [-0.15, -0.1) is 0 Å². The van der Waals surface area contributed by atoms with E-state index in [1.54, 1.807) is 13.3 Å². The van der Waals surface area contributed by atoms with Gasteiger partial charge in [-0.25, -0.2) is 4.68 Å². The van der Waals surface area contributed by atoms with Gasteiger partial charge in [-0.2, -0.15) is 5.10 Å². The number of ether oxygens (including phenoxy) is 1. The number of nitrogens with one attached hydrogen (secondary N) is 2. The van der Waals surface area contributed by atoms with E-state index in [2.05, 4.69) is 26.7 Å².